The molecule has 0 fully saturated rings. The summed E-state index contributed by atoms with van der Waals surface area (Å²) < 4.78 is 4.74. The van der Waals surface area contributed by atoms with E-state index in [2.05, 4.69) is 10.5 Å². The second-order valence-corrected chi connectivity index (χ2v) is 1.46. The van der Waals surface area contributed by atoms with Gasteiger partial charge in [0.15, 0.2) is 0 Å². The molecule has 0 aromatic rings. The van der Waals surface area contributed by atoms with Gasteiger partial charge in [-0.05, 0) is 0 Å². The molecule has 0 heterocycles. The van der Waals surface area contributed by atoms with Crippen molar-refractivity contribution in [3.63, 3.8) is 0 Å². The molecule has 0 atom stereocenters. The van der Waals surface area contributed by atoms with Gasteiger partial charge in [-0.2, -0.15) is 5.10 Å². The lowest BCUT2D eigenvalue weighted by atomic mass is 10.4. The highest BCUT2D eigenvalue weighted by Gasteiger charge is 1.92. The van der Waals surface area contributed by atoms with E-state index < -0.39 is 0 Å². The summed E-state index contributed by atoms with van der Waals surface area (Å²) in [5.41, 5.74) is 2.33. The highest BCUT2D eigenvalue weighted by molar-refractivity contribution is 5.81. The van der Waals surface area contributed by atoms with Gasteiger partial charge < -0.3 is 16.0 Å². The number of hydrazone groups is 1. The van der Waals surface area contributed by atoms with Crippen LogP contribution in [-0.4, -0.2) is 19.6 Å². The van der Waals surface area contributed by atoms with Gasteiger partial charge in [-0.25, -0.2) is 5.84 Å². The zero-order valence-corrected chi connectivity index (χ0v) is 5.42. The van der Waals surface area contributed by atoms with Crippen LogP contribution in [0, 0.1) is 0 Å². The summed E-state index contributed by atoms with van der Waals surface area (Å²) in [5.74, 6) is 10.5. The van der Waals surface area contributed by atoms with Gasteiger partial charge in [-0.3, -0.25) is 0 Å². The lowest BCUT2D eigenvalue weighted by Crippen LogP contribution is -2.32. The molecular formula is C4H12N4O. The molecule has 9 heavy (non-hydrogen) atoms. The van der Waals surface area contributed by atoms with Crippen LogP contribution in [0.4, 0.5) is 0 Å². The largest absolute Gasteiger partial charge is 0.384 e. The van der Waals surface area contributed by atoms with Gasteiger partial charge in [0.05, 0.1) is 6.61 Å². The van der Waals surface area contributed by atoms with Crippen molar-refractivity contribution in [2.45, 2.75) is 6.42 Å². The molecule has 0 radical (unpaired) electrons. The Bertz CT molecular complexity index is 92.6. The van der Waals surface area contributed by atoms with Crippen LogP contribution in [0.3, 0.4) is 0 Å². The van der Waals surface area contributed by atoms with E-state index in [1.54, 1.807) is 7.11 Å². The van der Waals surface area contributed by atoms with Crippen LogP contribution in [-0.2, 0) is 4.74 Å². The van der Waals surface area contributed by atoms with Gasteiger partial charge in [-0.15, -0.1) is 0 Å². The van der Waals surface area contributed by atoms with Gasteiger partial charge in [-0.1, -0.05) is 0 Å². The van der Waals surface area contributed by atoms with Crippen molar-refractivity contribution in [3.8, 4) is 0 Å². The minimum Gasteiger partial charge on any atom is -0.384 e. The molecule has 0 spiro atoms. The summed E-state index contributed by atoms with van der Waals surface area (Å²) in [4.78, 5) is 0. The fourth-order valence-electron chi connectivity index (χ4n) is 0.373. The second kappa shape index (κ2) is 5.33. The standard InChI is InChI=1S/C4H12N4O/c1-9-3-2-4(7-5)8-6/h2-3,5-6H2,1H3,(H,7,8). The number of amidine groups is 1. The zero-order chi connectivity index (χ0) is 7.11. The topological polar surface area (TPSA) is 85.7 Å². The number of rotatable bonds is 3. The van der Waals surface area contributed by atoms with E-state index in [1.165, 1.54) is 0 Å². The number of hydrazine groups is 1. The van der Waals surface area contributed by atoms with Crippen LogP contribution in [0.2, 0.25) is 0 Å². The summed E-state index contributed by atoms with van der Waals surface area (Å²) in [6.45, 7) is 0.570. The van der Waals surface area contributed by atoms with Gasteiger partial charge in [0.1, 0.15) is 5.84 Å². The van der Waals surface area contributed by atoms with Crippen LogP contribution in [0.15, 0.2) is 5.10 Å². The van der Waals surface area contributed by atoms with E-state index in [1.807, 2.05) is 0 Å². The molecule has 0 saturated carbocycles. The maximum absolute atomic E-state index is 5.01. The van der Waals surface area contributed by atoms with Crippen LogP contribution in [0.25, 0.3) is 0 Å². The third-order valence-corrected chi connectivity index (χ3v) is 0.865. The number of nitrogens with zero attached hydrogens (tertiary/aromatic N) is 1. The Morgan fingerprint density at radius 3 is 2.78 bits per heavy atom. The minimum atomic E-state index is 0.539. The number of methoxy groups -OCH3 is 1. The molecule has 0 unspecified atom stereocenters. The summed E-state index contributed by atoms with van der Waals surface area (Å²) in [7, 11) is 1.60. The van der Waals surface area contributed by atoms with Crippen molar-refractivity contribution in [1.29, 1.82) is 0 Å². The summed E-state index contributed by atoms with van der Waals surface area (Å²) in [6.07, 6.45) is 0.615. The highest BCUT2D eigenvalue weighted by atomic mass is 16.5. The normalized spacial score (nSPS) is 11.6. The fraction of sp³-hybridized carbons (Fsp3) is 0.750. The monoisotopic (exact) mass is 132 g/mol. The molecule has 0 aromatic carbocycles. The molecule has 0 aliphatic heterocycles. The first-order chi connectivity index (χ1) is 4.35. The molecule has 0 aromatic heterocycles. The van der Waals surface area contributed by atoms with E-state index in [9.17, 15) is 0 Å². The Kier molecular flexibility index (Phi) is 4.85. The Hall–Kier alpha value is -0.810. The Balaban J connectivity index is 3.33. The summed E-state index contributed by atoms with van der Waals surface area (Å²) in [5, 5.41) is 3.34. The van der Waals surface area contributed by atoms with E-state index in [0.29, 0.717) is 18.9 Å². The van der Waals surface area contributed by atoms with Crippen LogP contribution in [0.1, 0.15) is 6.42 Å². The molecule has 5 heteroatoms. The molecule has 0 saturated heterocycles. The van der Waals surface area contributed by atoms with Crippen LogP contribution in [0.5, 0.6) is 0 Å². The van der Waals surface area contributed by atoms with Gasteiger partial charge in [0.2, 0.25) is 0 Å². The zero-order valence-electron chi connectivity index (χ0n) is 5.42. The molecule has 0 aliphatic rings. The lowest BCUT2D eigenvalue weighted by Gasteiger charge is -2.00. The first kappa shape index (κ1) is 8.19. The van der Waals surface area contributed by atoms with Crippen molar-refractivity contribution in [1.82, 2.24) is 5.43 Å². The third-order valence-electron chi connectivity index (χ3n) is 0.865. The number of nitrogens with one attached hydrogen (secondary N) is 1. The third kappa shape index (κ3) is 3.75. The highest BCUT2D eigenvalue weighted by Crippen LogP contribution is 1.79. The predicted molar refractivity (Wildman–Crippen MR) is 35.4 cm³/mol. The summed E-state index contributed by atoms with van der Waals surface area (Å²) in [6, 6.07) is 0. The number of hydrogen-bond acceptors (Lipinski definition) is 4. The predicted octanol–water partition coefficient (Wildman–Crippen LogP) is -1.24. The number of nitrogens with two attached hydrogens (primary N) is 2. The Morgan fingerprint density at radius 2 is 2.44 bits per heavy atom. The summed E-state index contributed by atoms with van der Waals surface area (Å²) >= 11 is 0. The molecule has 54 valence electrons. The second-order valence-electron chi connectivity index (χ2n) is 1.46. The van der Waals surface area contributed by atoms with Crippen LogP contribution < -0.4 is 17.1 Å². The molecule has 0 amide bonds. The molecule has 5 N–H and O–H groups in total. The van der Waals surface area contributed by atoms with E-state index in [4.69, 9.17) is 16.4 Å². The maximum atomic E-state index is 5.01. The fourth-order valence-corrected chi connectivity index (χ4v) is 0.373. The minimum absolute atomic E-state index is 0.539. The van der Waals surface area contributed by atoms with Crippen molar-refractivity contribution in [2.75, 3.05) is 13.7 Å². The van der Waals surface area contributed by atoms with Crippen LogP contribution >= 0.6 is 0 Å². The number of hydrogen-bond donors (Lipinski definition) is 3. The molecule has 0 bridgehead atoms. The van der Waals surface area contributed by atoms with Crippen molar-refractivity contribution >= 4 is 5.84 Å². The SMILES string of the molecule is COCC/C(=N/N)NN. The van der Waals surface area contributed by atoms with Crippen molar-refractivity contribution in [2.24, 2.45) is 16.8 Å². The molecule has 0 aliphatic carbocycles. The van der Waals surface area contributed by atoms with E-state index in [0.717, 1.165) is 0 Å². The van der Waals surface area contributed by atoms with E-state index in [-0.39, 0.29) is 0 Å². The van der Waals surface area contributed by atoms with Gasteiger partial charge in [0, 0.05) is 13.5 Å². The first-order valence-corrected chi connectivity index (χ1v) is 2.57. The number of ether oxygens (including phenoxy) is 1. The lowest BCUT2D eigenvalue weighted by molar-refractivity contribution is 0.206. The quantitative estimate of drug-likeness (QED) is 0.194. The maximum Gasteiger partial charge on any atom is 0.138 e. The Morgan fingerprint density at radius 1 is 1.78 bits per heavy atom. The smallest absolute Gasteiger partial charge is 0.138 e. The molecule has 5 nitrogen and oxygen atoms in total. The Labute approximate surface area is 54.0 Å². The molecule has 0 rings (SSSR count). The van der Waals surface area contributed by atoms with Gasteiger partial charge in [0.25, 0.3) is 0 Å². The van der Waals surface area contributed by atoms with Crippen molar-refractivity contribution in [3.05, 3.63) is 0 Å². The average Bonchev–Trinajstić information content (AvgIpc) is 1.91. The van der Waals surface area contributed by atoms with E-state index >= 15 is 0 Å². The van der Waals surface area contributed by atoms with Crippen molar-refractivity contribution < 1.29 is 4.74 Å². The average molecular weight is 132 g/mol. The first-order valence-electron chi connectivity index (χ1n) is 2.57. The van der Waals surface area contributed by atoms with Gasteiger partial charge >= 0.3 is 0 Å². The molecular weight excluding hydrogens is 120 g/mol.